The van der Waals surface area contributed by atoms with Crippen LogP contribution in [0.4, 0.5) is 5.13 Å². The van der Waals surface area contributed by atoms with Gasteiger partial charge in [-0.2, -0.15) is 5.10 Å². The minimum absolute atomic E-state index is 0.119. The first-order chi connectivity index (χ1) is 15.8. The molecule has 7 nitrogen and oxygen atoms in total. The van der Waals surface area contributed by atoms with Gasteiger partial charge < -0.3 is 9.15 Å². The van der Waals surface area contributed by atoms with Gasteiger partial charge in [0.1, 0.15) is 5.75 Å². The van der Waals surface area contributed by atoms with E-state index in [2.05, 4.69) is 25.7 Å². The van der Waals surface area contributed by atoms with E-state index < -0.39 is 0 Å². The van der Waals surface area contributed by atoms with Crippen LogP contribution in [0.2, 0.25) is 5.02 Å². The summed E-state index contributed by atoms with van der Waals surface area (Å²) in [6, 6.07) is 22.8. The van der Waals surface area contributed by atoms with Gasteiger partial charge in [0.2, 0.25) is 11.0 Å². The Balaban J connectivity index is 1.26. The van der Waals surface area contributed by atoms with Gasteiger partial charge in [0.25, 0.3) is 5.89 Å². The van der Waals surface area contributed by atoms with E-state index in [4.69, 9.17) is 20.8 Å². The molecule has 5 rings (SSSR count). The number of halogens is 1. The number of nitrogens with one attached hydrogen (secondary N) is 1. The lowest BCUT2D eigenvalue weighted by atomic mass is 10.2. The number of hydrogen-bond donors (Lipinski definition) is 1. The summed E-state index contributed by atoms with van der Waals surface area (Å²) >= 11 is 7.74. The number of thiazole rings is 1. The number of benzene rings is 3. The minimum Gasteiger partial charge on any atom is -0.483 e. The summed E-state index contributed by atoms with van der Waals surface area (Å²) in [6.07, 6.45) is 1.68. The highest BCUT2D eigenvalue weighted by Crippen LogP contribution is 2.27. The molecule has 0 aliphatic heterocycles. The zero-order valence-corrected chi connectivity index (χ0v) is 18.2. The van der Waals surface area contributed by atoms with E-state index in [9.17, 15) is 0 Å². The number of nitrogens with zero attached hydrogens (tertiary/aromatic N) is 4. The molecule has 0 saturated heterocycles. The Kier molecular flexibility index (Phi) is 5.78. The predicted molar refractivity (Wildman–Crippen MR) is 126 cm³/mol. The van der Waals surface area contributed by atoms with Crippen LogP contribution in [-0.2, 0) is 6.61 Å². The molecule has 158 valence electrons. The number of rotatable bonds is 7. The molecule has 32 heavy (non-hydrogen) atoms. The maximum atomic E-state index is 6.19. The number of hydrogen-bond acceptors (Lipinski definition) is 8. The molecule has 0 aliphatic rings. The monoisotopic (exact) mass is 461 g/mol. The molecule has 1 N–H and O–H groups in total. The third kappa shape index (κ3) is 4.46. The lowest BCUT2D eigenvalue weighted by Crippen LogP contribution is -1.99. The Bertz CT molecular complexity index is 1360. The zero-order valence-electron chi connectivity index (χ0n) is 16.6. The molecule has 0 unspecified atom stereocenters. The molecule has 0 radical (unpaired) electrons. The third-order valence-electron chi connectivity index (χ3n) is 4.50. The van der Waals surface area contributed by atoms with Crippen LogP contribution in [0.3, 0.4) is 0 Å². The van der Waals surface area contributed by atoms with Crippen molar-refractivity contribution in [3.05, 3.63) is 89.3 Å². The van der Waals surface area contributed by atoms with Crippen molar-refractivity contribution in [3.8, 4) is 17.2 Å². The molecule has 0 fully saturated rings. The lowest BCUT2D eigenvalue weighted by molar-refractivity contribution is 0.264. The number of fused-ring (bicyclic) bond motifs is 1. The molecule has 0 bridgehead atoms. The van der Waals surface area contributed by atoms with E-state index in [0.29, 0.717) is 28.1 Å². The molecule has 0 aliphatic carbocycles. The fourth-order valence-electron chi connectivity index (χ4n) is 2.99. The van der Waals surface area contributed by atoms with Crippen molar-refractivity contribution in [2.75, 3.05) is 5.43 Å². The molecule has 0 amide bonds. The summed E-state index contributed by atoms with van der Waals surface area (Å²) in [5.41, 5.74) is 5.40. The molecular formula is C23H16ClN5O2S. The molecule has 0 spiro atoms. The number of aromatic nitrogens is 3. The number of para-hydroxylation sites is 2. The molecule has 0 atom stereocenters. The Hall–Kier alpha value is -3.75. The lowest BCUT2D eigenvalue weighted by Gasteiger charge is -2.06. The van der Waals surface area contributed by atoms with Crippen molar-refractivity contribution < 1.29 is 9.15 Å². The normalized spacial score (nSPS) is 11.3. The van der Waals surface area contributed by atoms with E-state index in [-0.39, 0.29) is 6.61 Å². The van der Waals surface area contributed by atoms with Crippen molar-refractivity contribution in [1.82, 2.24) is 15.2 Å². The number of anilines is 1. The van der Waals surface area contributed by atoms with Gasteiger partial charge in [-0.1, -0.05) is 59.3 Å². The van der Waals surface area contributed by atoms with Gasteiger partial charge in [-0.15, -0.1) is 10.2 Å². The summed E-state index contributed by atoms with van der Waals surface area (Å²) < 4.78 is 12.7. The quantitative estimate of drug-likeness (QED) is 0.235. The van der Waals surface area contributed by atoms with Gasteiger partial charge in [0.05, 0.1) is 27.0 Å². The van der Waals surface area contributed by atoms with Crippen molar-refractivity contribution in [2.24, 2.45) is 5.10 Å². The second kappa shape index (κ2) is 9.17. The van der Waals surface area contributed by atoms with Crippen LogP contribution in [0.25, 0.3) is 21.7 Å². The molecule has 5 aromatic rings. The first-order valence-corrected chi connectivity index (χ1v) is 10.9. The van der Waals surface area contributed by atoms with E-state index in [1.165, 1.54) is 0 Å². The maximum Gasteiger partial charge on any atom is 0.254 e. The molecule has 0 saturated carbocycles. The average molecular weight is 462 g/mol. The van der Waals surface area contributed by atoms with Crippen LogP contribution < -0.4 is 10.2 Å². The fraction of sp³-hybridized carbons (Fsp3) is 0.0435. The Labute approximate surface area is 192 Å². The minimum atomic E-state index is 0.119. The van der Waals surface area contributed by atoms with Gasteiger partial charge in [-0.05, 0) is 36.4 Å². The Morgan fingerprint density at radius 2 is 1.81 bits per heavy atom. The smallest absolute Gasteiger partial charge is 0.254 e. The van der Waals surface area contributed by atoms with Crippen LogP contribution in [0.1, 0.15) is 11.5 Å². The molecule has 2 heterocycles. The number of ether oxygens (including phenoxy) is 1. The Morgan fingerprint density at radius 1 is 1.00 bits per heavy atom. The molecule has 3 aromatic carbocycles. The fourth-order valence-corrected chi connectivity index (χ4v) is 4.02. The first kappa shape index (κ1) is 20.2. The largest absolute Gasteiger partial charge is 0.483 e. The topological polar surface area (TPSA) is 85.4 Å². The van der Waals surface area contributed by atoms with E-state index in [1.54, 1.807) is 23.6 Å². The van der Waals surface area contributed by atoms with Crippen molar-refractivity contribution in [3.63, 3.8) is 0 Å². The highest BCUT2D eigenvalue weighted by Gasteiger charge is 2.12. The second-order valence-electron chi connectivity index (χ2n) is 6.66. The van der Waals surface area contributed by atoms with Crippen LogP contribution >= 0.6 is 22.9 Å². The van der Waals surface area contributed by atoms with E-state index in [0.717, 1.165) is 20.9 Å². The van der Waals surface area contributed by atoms with Gasteiger partial charge in [-0.25, -0.2) is 4.98 Å². The zero-order chi connectivity index (χ0) is 21.8. The van der Waals surface area contributed by atoms with Gasteiger partial charge >= 0.3 is 0 Å². The molecular weight excluding hydrogens is 446 g/mol. The van der Waals surface area contributed by atoms with Gasteiger partial charge in [-0.3, -0.25) is 5.43 Å². The summed E-state index contributed by atoms with van der Waals surface area (Å²) in [7, 11) is 0. The third-order valence-corrected chi connectivity index (χ3v) is 5.77. The first-order valence-electron chi connectivity index (χ1n) is 9.70. The van der Waals surface area contributed by atoms with Gasteiger partial charge in [0.15, 0.2) is 6.61 Å². The average Bonchev–Trinajstić information content (AvgIpc) is 3.45. The van der Waals surface area contributed by atoms with Crippen LogP contribution in [0.15, 0.2) is 82.3 Å². The number of hydrazone groups is 1. The highest BCUT2D eigenvalue weighted by atomic mass is 35.5. The summed E-state index contributed by atoms with van der Waals surface area (Å²) in [5.74, 6) is 1.34. The molecule has 2 aromatic heterocycles. The SMILES string of the molecule is Clc1ccccc1-c1nnc(COc2ccccc2/C=N\Nc2nc3ccccc3s2)o1. The highest BCUT2D eigenvalue weighted by molar-refractivity contribution is 7.22. The second-order valence-corrected chi connectivity index (χ2v) is 8.10. The van der Waals surface area contributed by atoms with Crippen LogP contribution in [-0.4, -0.2) is 21.4 Å². The van der Waals surface area contributed by atoms with Crippen molar-refractivity contribution in [2.45, 2.75) is 6.61 Å². The van der Waals surface area contributed by atoms with E-state index in [1.807, 2.05) is 66.7 Å². The standard InChI is InChI=1S/C23H16ClN5O2S/c24-17-9-3-2-8-16(17)22-28-27-21(31-22)14-30-19-11-5-1-7-15(19)13-25-29-23-26-18-10-4-6-12-20(18)32-23/h1-13H,14H2,(H,26,29)/b25-13-. The summed E-state index contributed by atoms with van der Waals surface area (Å²) in [6.45, 7) is 0.119. The van der Waals surface area contributed by atoms with Gasteiger partial charge in [0, 0.05) is 5.56 Å². The van der Waals surface area contributed by atoms with Crippen LogP contribution in [0.5, 0.6) is 5.75 Å². The predicted octanol–water partition coefficient (Wildman–Crippen LogP) is 6.02. The maximum absolute atomic E-state index is 6.19. The van der Waals surface area contributed by atoms with E-state index >= 15 is 0 Å². The van der Waals surface area contributed by atoms with Crippen molar-refractivity contribution >= 4 is 44.5 Å². The summed E-state index contributed by atoms with van der Waals surface area (Å²) in [4.78, 5) is 4.50. The van der Waals surface area contributed by atoms with Crippen LogP contribution in [0, 0.1) is 0 Å². The summed E-state index contributed by atoms with van der Waals surface area (Å²) in [5, 5.41) is 13.7. The van der Waals surface area contributed by atoms with Crippen molar-refractivity contribution in [1.29, 1.82) is 0 Å². The molecule has 9 heteroatoms. The Morgan fingerprint density at radius 3 is 2.72 bits per heavy atom.